The lowest BCUT2D eigenvalue weighted by atomic mass is 9.82. The number of aromatic nitrogens is 1. The fourth-order valence-electron chi connectivity index (χ4n) is 1.89. The summed E-state index contributed by atoms with van der Waals surface area (Å²) in [6, 6.07) is 5.86. The molecule has 0 aliphatic rings. The number of nitrogens with two attached hydrogens (primary N) is 1. The minimum Gasteiger partial charge on any atom is -0.396 e. The first-order valence-corrected chi connectivity index (χ1v) is 6.38. The maximum absolute atomic E-state index is 9.39. The van der Waals surface area contributed by atoms with Gasteiger partial charge in [-0.2, -0.15) is 0 Å². The van der Waals surface area contributed by atoms with Crippen LogP contribution >= 0.6 is 15.9 Å². The Morgan fingerprint density at radius 2 is 2.18 bits per heavy atom. The number of aliphatic hydroxyl groups is 1. The summed E-state index contributed by atoms with van der Waals surface area (Å²) in [5.74, 6) is 0. The number of halogens is 1. The Hall–Kier alpha value is -0.840. The van der Waals surface area contributed by atoms with Crippen molar-refractivity contribution in [3.63, 3.8) is 0 Å². The fourth-order valence-corrected chi connectivity index (χ4v) is 2.25. The summed E-state index contributed by atoms with van der Waals surface area (Å²) in [6.45, 7) is 4.00. The number of aromatic amines is 1. The molecule has 92 valence electrons. The van der Waals surface area contributed by atoms with E-state index in [-0.39, 0.29) is 18.1 Å². The van der Waals surface area contributed by atoms with Gasteiger partial charge in [-0.25, -0.2) is 0 Å². The number of nitrogens with one attached hydrogen (secondary N) is 1. The topological polar surface area (TPSA) is 62.0 Å². The molecular formula is C13H17BrN2O. The van der Waals surface area contributed by atoms with Crippen LogP contribution in [0, 0.1) is 5.41 Å². The van der Waals surface area contributed by atoms with E-state index in [4.69, 9.17) is 5.73 Å². The van der Waals surface area contributed by atoms with E-state index in [0.717, 1.165) is 20.9 Å². The minimum absolute atomic E-state index is 0.0643. The molecule has 2 rings (SSSR count). The molecule has 4 N–H and O–H groups in total. The first-order chi connectivity index (χ1) is 7.95. The molecule has 0 fully saturated rings. The predicted molar refractivity (Wildman–Crippen MR) is 73.8 cm³/mol. The Balaban J connectivity index is 2.52. The van der Waals surface area contributed by atoms with E-state index >= 15 is 0 Å². The zero-order chi connectivity index (χ0) is 12.6. The van der Waals surface area contributed by atoms with Crippen molar-refractivity contribution in [2.24, 2.45) is 11.1 Å². The van der Waals surface area contributed by atoms with E-state index in [1.54, 1.807) is 0 Å². The molecule has 3 nitrogen and oxygen atoms in total. The van der Waals surface area contributed by atoms with Gasteiger partial charge in [0.2, 0.25) is 0 Å². The summed E-state index contributed by atoms with van der Waals surface area (Å²) in [6.07, 6.45) is 1.93. The summed E-state index contributed by atoms with van der Waals surface area (Å²) in [5, 5.41) is 10.5. The molecule has 0 amide bonds. The number of hydrogen-bond acceptors (Lipinski definition) is 2. The van der Waals surface area contributed by atoms with Crippen molar-refractivity contribution in [3.8, 4) is 0 Å². The number of benzene rings is 1. The molecule has 4 heteroatoms. The highest BCUT2D eigenvalue weighted by Gasteiger charge is 2.28. The largest absolute Gasteiger partial charge is 0.396 e. The molecule has 0 saturated carbocycles. The highest BCUT2D eigenvalue weighted by molar-refractivity contribution is 9.10. The summed E-state index contributed by atoms with van der Waals surface area (Å²) in [5.41, 5.74) is 8.02. The summed E-state index contributed by atoms with van der Waals surface area (Å²) >= 11 is 3.46. The lowest BCUT2D eigenvalue weighted by Crippen LogP contribution is -2.32. The van der Waals surface area contributed by atoms with Crippen molar-refractivity contribution in [1.82, 2.24) is 4.98 Å². The number of H-pyrrole nitrogens is 1. The van der Waals surface area contributed by atoms with Crippen LogP contribution in [0.5, 0.6) is 0 Å². The maximum Gasteiger partial charge on any atom is 0.0500 e. The molecular weight excluding hydrogens is 280 g/mol. The van der Waals surface area contributed by atoms with Crippen molar-refractivity contribution in [3.05, 3.63) is 34.4 Å². The van der Waals surface area contributed by atoms with Crippen molar-refractivity contribution < 1.29 is 5.11 Å². The second kappa shape index (κ2) is 4.44. The lowest BCUT2D eigenvalue weighted by Gasteiger charge is -2.29. The average Bonchev–Trinajstić information content (AvgIpc) is 2.70. The summed E-state index contributed by atoms with van der Waals surface area (Å²) in [7, 11) is 0. The molecule has 0 unspecified atom stereocenters. The molecule has 0 aliphatic heterocycles. The van der Waals surface area contributed by atoms with Crippen LogP contribution < -0.4 is 5.73 Å². The van der Waals surface area contributed by atoms with E-state index in [1.165, 1.54) is 0 Å². The fraction of sp³-hybridized carbons (Fsp3) is 0.385. The third-order valence-electron chi connectivity index (χ3n) is 3.26. The smallest absolute Gasteiger partial charge is 0.0500 e. The van der Waals surface area contributed by atoms with E-state index in [1.807, 2.05) is 32.2 Å². The number of hydrogen-bond donors (Lipinski definition) is 3. The van der Waals surface area contributed by atoms with Crippen LogP contribution in [0.1, 0.15) is 25.5 Å². The normalized spacial score (nSPS) is 14.2. The molecule has 0 bridgehead atoms. The molecule has 0 aliphatic carbocycles. The van der Waals surface area contributed by atoms with Crippen LogP contribution in [0.15, 0.2) is 28.9 Å². The van der Waals surface area contributed by atoms with Gasteiger partial charge in [0.25, 0.3) is 0 Å². The van der Waals surface area contributed by atoms with Crippen LogP contribution in [0.3, 0.4) is 0 Å². The number of fused-ring (bicyclic) bond motifs is 1. The van der Waals surface area contributed by atoms with E-state index in [0.29, 0.717) is 0 Å². The standard InChI is InChI=1S/C13H17BrN2O/c1-13(2,7-17)12(15)10-6-16-11-4-3-8(14)5-9(10)11/h3-6,12,16-17H,7,15H2,1-2H3/t12-/m1/s1. The first-order valence-electron chi connectivity index (χ1n) is 5.58. The van der Waals surface area contributed by atoms with Crippen molar-refractivity contribution in [2.75, 3.05) is 6.61 Å². The molecule has 1 aromatic heterocycles. The van der Waals surface area contributed by atoms with E-state index in [9.17, 15) is 5.11 Å². The second-order valence-corrected chi connectivity index (χ2v) is 5.97. The zero-order valence-corrected chi connectivity index (χ0v) is 11.6. The molecule has 0 radical (unpaired) electrons. The summed E-state index contributed by atoms with van der Waals surface area (Å²) in [4.78, 5) is 3.21. The van der Waals surface area contributed by atoms with Crippen LogP contribution in [0.4, 0.5) is 0 Å². The van der Waals surface area contributed by atoms with Crippen LogP contribution in [-0.2, 0) is 0 Å². The predicted octanol–water partition coefficient (Wildman–Crippen LogP) is 2.95. The Labute approximate surface area is 109 Å². The second-order valence-electron chi connectivity index (χ2n) is 5.06. The Bertz CT molecular complexity index is 533. The van der Waals surface area contributed by atoms with Gasteiger partial charge < -0.3 is 15.8 Å². The van der Waals surface area contributed by atoms with Crippen molar-refractivity contribution in [1.29, 1.82) is 0 Å². The quantitative estimate of drug-likeness (QED) is 0.815. The first kappa shape index (κ1) is 12.6. The highest BCUT2D eigenvalue weighted by atomic mass is 79.9. The molecule has 0 saturated heterocycles. The lowest BCUT2D eigenvalue weighted by molar-refractivity contribution is 0.133. The van der Waals surface area contributed by atoms with Crippen LogP contribution in [0.2, 0.25) is 0 Å². The molecule has 17 heavy (non-hydrogen) atoms. The zero-order valence-electron chi connectivity index (χ0n) is 10.00. The third-order valence-corrected chi connectivity index (χ3v) is 3.75. The number of rotatable bonds is 3. The molecule has 0 spiro atoms. The molecule has 1 heterocycles. The van der Waals surface area contributed by atoms with Crippen LogP contribution in [-0.4, -0.2) is 16.7 Å². The van der Waals surface area contributed by atoms with Crippen molar-refractivity contribution >= 4 is 26.8 Å². The van der Waals surface area contributed by atoms with Gasteiger partial charge in [0.05, 0.1) is 0 Å². The van der Waals surface area contributed by atoms with Gasteiger partial charge in [-0.05, 0) is 23.8 Å². The van der Waals surface area contributed by atoms with Gasteiger partial charge >= 0.3 is 0 Å². The van der Waals surface area contributed by atoms with Gasteiger partial charge in [-0.15, -0.1) is 0 Å². The minimum atomic E-state index is -0.336. The number of aliphatic hydroxyl groups excluding tert-OH is 1. The molecule has 1 atom stereocenters. The monoisotopic (exact) mass is 296 g/mol. The maximum atomic E-state index is 9.39. The average molecular weight is 297 g/mol. The Morgan fingerprint density at radius 3 is 2.82 bits per heavy atom. The molecule has 2 aromatic rings. The van der Waals surface area contributed by atoms with Gasteiger partial charge in [0.1, 0.15) is 0 Å². The highest BCUT2D eigenvalue weighted by Crippen LogP contribution is 2.35. The van der Waals surface area contributed by atoms with Crippen LogP contribution in [0.25, 0.3) is 10.9 Å². The Morgan fingerprint density at radius 1 is 1.47 bits per heavy atom. The third kappa shape index (κ3) is 2.25. The van der Waals surface area contributed by atoms with Gasteiger partial charge in [-0.1, -0.05) is 29.8 Å². The van der Waals surface area contributed by atoms with Gasteiger partial charge in [-0.3, -0.25) is 0 Å². The Kier molecular flexibility index (Phi) is 3.30. The van der Waals surface area contributed by atoms with E-state index < -0.39 is 0 Å². The van der Waals surface area contributed by atoms with Gasteiger partial charge in [0, 0.05) is 39.6 Å². The SMILES string of the molecule is CC(C)(CO)[C@H](N)c1c[nH]c2ccc(Br)cc12. The molecule has 1 aromatic carbocycles. The van der Waals surface area contributed by atoms with Crippen molar-refractivity contribution in [2.45, 2.75) is 19.9 Å². The van der Waals surface area contributed by atoms with Gasteiger partial charge in [0.15, 0.2) is 0 Å². The summed E-state index contributed by atoms with van der Waals surface area (Å²) < 4.78 is 1.03. The van der Waals surface area contributed by atoms with E-state index in [2.05, 4.69) is 27.0 Å².